The van der Waals surface area contributed by atoms with E-state index in [0.717, 1.165) is 5.69 Å². The van der Waals surface area contributed by atoms with Gasteiger partial charge in [0.25, 0.3) is 0 Å². The van der Waals surface area contributed by atoms with Gasteiger partial charge < -0.3 is 0 Å². The summed E-state index contributed by atoms with van der Waals surface area (Å²) in [5, 5.41) is 0. The summed E-state index contributed by atoms with van der Waals surface area (Å²) in [7, 11) is 0. The molecule has 0 radical (unpaired) electrons. The molecule has 2 heterocycles. The van der Waals surface area contributed by atoms with Crippen LogP contribution < -0.4 is 0 Å². The highest BCUT2D eigenvalue weighted by Crippen LogP contribution is 2.35. The number of benzene rings is 1. The molecule has 0 aliphatic heterocycles. The van der Waals surface area contributed by atoms with Gasteiger partial charge in [0.1, 0.15) is 0 Å². The third-order valence-corrected chi connectivity index (χ3v) is 5.08. The van der Waals surface area contributed by atoms with Crippen LogP contribution >= 0.6 is 11.3 Å². The highest BCUT2D eigenvalue weighted by atomic mass is 32.1. The topological polar surface area (TPSA) is 17.3 Å². The Kier molecular flexibility index (Phi) is 2.49. The third kappa shape index (κ3) is 1.65. The van der Waals surface area contributed by atoms with Crippen molar-refractivity contribution in [1.29, 1.82) is 0 Å². The Balaban J connectivity index is 2.04. The van der Waals surface area contributed by atoms with Gasteiger partial charge in [-0.25, -0.2) is 4.98 Å². The molecule has 3 aromatic rings. The van der Waals surface area contributed by atoms with Gasteiger partial charge in [0.05, 0.1) is 11.4 Å². The maximum absolute atomic E-state index is 4.78. The molecule has 1 aliphatic carbocycles. The van der Waals surface area contributed by atoms with E-state index < -0.39 is 0 Å². The van der Waals surface area contributed by atoms with Gasteiger partial charge in [-0.3, -0.25) is 4.40 Å². The number of fused-ring (bicyclic) bond motifs is 3. The molecule has 0 amide bonds. The summed E-state index contributed by atoms with van der Waals surface area (Å²) in [5.41, 5.74) is 5.21. The van der Waals surface area contributed by atoms with Gasteiger partial charge in [-0.1, -0.05) is 30.3 Å². The first-order valence-corrected chi connectivity index (χ1v) is 7.71. The van der Waals surface area contributed by atoms with Gasteiger partial charge in [0.2, 0.25) is 0 Å². The maximum Gasteiger partial charge on any atom is 0.194 e. The normalized spacial score (nSPS) is 14.8. The first-order valence-electron chi connectivity index (χ1n) is 6.89. The molecule has 0 unspecified atom stereocenters. The summed E-state index contributed by atoms with van der Waals surface area (Å²) in [6.07, 6.45) is 5.07. The van der Waals surface area contributed by atoms with Crippen LogP contribution in [-0.4, -0.2) is 9.38 Å². The Labute approximate surface area is 116 Å². The fraction of sp³-hybridized carbons (Fsp3) is 0.312. The van der Waals surface area contributed by atoms with E-state index in [4.69, 9.17) is 4.98 Å². The van der Waals surface area contributed by atoms with Crippen molar-refractivity contribution in [3.05, 3.63) is 46.6 Å². The fourth-order valence-electron chi connectivity index (χ4n) is 3.08. The van der Waals surface area contributed by atoms with Gasteiger partial charge in [0.15, 0.2) is 4.96 Å². The van der Waals surface area contributed by atoms with Crippen LogP contribution in [0.15, 0.2) is 30.3 Å². The Morgan fingerprint density at radius 2 is 1.89 bits per heavy atom. The van der Waals surface area contributed by atoms with Gasteiger partial charge in [-0.15, -0.1) is 11.3 Å². The van der Waals surface area contributed by atoms with Crippen LogP contribution in [0.2, 0.25) is 0 Å². The molecule has 0 spiro atoms. The van der Waals surface area contributed by atoms with Crippen molar-refractivity contribution >= 4 is 16.3 Å². The molecule has 96 valence electrons. The number of aromatic nitrogens is 2. The largest absolute Gasteiger partial charge is 0.287 e. The summed E-state index contributed by atoms with van der Waals surface area (Å²) >= 11 is 1.88. The van der Waals surface area contributed by atoms with Crippen molar-refractivity contribution < 1.29 is 0 Å². The fourth-order valence-corrected chi connectivity index (χ4v) is 4.33. The molecule has 3 heteroatoms. The van der Waals surface area contributed by atoms with Crippen molar-refractivity contribution in [2.24, 2.45) is 0 Å². The SMILES string of the molecule is Cc1nc2sc3c(n2c1-c1ccccc1)CCCC3. The van der Waals surface area contributed by atoms with Crippen LogP contribution in [0.25, 0.3) is 16.2 Å². The second kappa shape index (κ2) is 4.20. The minimum Gasteiger partial charge on any atom is -0.287 e. The molecule has 0 saturated heterocycles. The van der Waals surface area contributed by atoms with Crippen LogP contribution in [0.5, 0.6) is 0 Å². The highest BCUT2D eigenvalue weighted by Gasteiger charge is 2.21. The highest BCUT2D eigenvalue weighted by molar-refractivity contribution is 7.17. The van der Waals surface area contributed by atoms with E-state index in [9.17, 15) is 0 Å². The molecule has 0 atom stereocenters. The van der Waals surface area contributed by atoms with Gasteiger partial charge in [0, 0.05) is 16.1 Å². The lowest BCUT2D eigenvalue weighted by Crippen LogP contribution is -2.03. The monoisotopic (exact) mass is 268 g/mol. The van der Waals surface area contributed by atoms with Gasteiger partial charge in [-0.2, -0.15) is 0 Å². The Morgan fingerprint density at radius 3 is 2.74 bits per heavy atom. The molecular weight excluding hydrogens is 252 g/mol. The number of rotatable bonds is 1. The predicted octanol–water partition coefficient (Wildman–Crippen LogP) is 4.25. The van der Waals surface area contributed by atoms with E-state index >= 15 is 0 Å². The summed E-state index contributed by atoms with van der Waals surface area (Å²) in [6.45, 7) is 2.12. The number of aryl methyl sites for hydroxylation is 3. The number of nitrogens with zero attached hydrogens (tertiary/aromatic N) is 2. The lowest BCUT2D eigenvalue weighted by molar-refractivity contribution is 0.675. The van der Waals surface area contributed by atoms with Crippen molar-refractivity contribution in [1.82, 2.24) is 9.38 Å². The minimum atomic E-state index is 1.14. The van der Waals surface area contributed by atoms with Crippen molar-refractivity contribution in [2.75, 3.05) is 0 Å². The number of imidazole rings is 1. The minimum absolute atomic E-state index is 1.14. The van der Waals surface area contributed by atoms with E-state index in [2.05, 4.69) is 41.7 Å². The molecule has 1 aromatic carbocycles. The third-order valence-electron chi connectivity index (χ3n) is 3.94. The molecule has 0 bridgehead atoms. The number of hydrogen-bond acceptors (Lipinski definition) is 2. The lowest BCUT2D eigenvalue weighted by Gasteiger charge is -2.12. The number of hydrogen-bond donors (Lipinski definition) is 0. The standard InChI is InChI=1S/C16H16N2S/c1-11-15(12-7-3-2-4-8-12)18-13-9-5-6-10-14(13)19-16(18)17-11/h2-4,7-8H,5-6,9-10H2,1H3. The van der Waals surface area contributed by atoms with E-state index in [0.29, 0.717) is 0 Å². The van der Waals surface area contributed by atoms with Crippen molar-refractivity contribution in [3.8, 4) is 11.3 Å². The molecule has 1 aliphatic rings. The number of thiazole rings is 1. The Hall–Kier alpha value is -1.61. The van der Waals surface area contributed by atoms with Gasteiger partial charge in [-0.05, 0) is 32.6 Å². The Morgan fingerprint density at radius 1 is 1.11 bits per heavy atom. The van der Waals surface area contributed by atoms with Gasteiger partial charge >= 0.3 is 0 Å². The lowest BCUT2D eigenvalue weighted by atomic mass is 10.0. The van der Waals surface area contributed by atoms with E-state index in [-0.39, 0.29) is 0 Å². The molecule has 0 N–H and O–H groups in total. The Bertz CT molecular complexity index is 737. The molecular formula is C16H16N2S. The molecule has 0 saturated carbocycles. The van der Waals surface area contributed by atoms with Crippen LogP contribution in [0.3, 0.4) is 0 Å². The van der Waals surface area contributed by atoms with Crippen molar-refractivity contribution in [2.45, 2.75) is 32.6 Å². The van der Waals surface area contributed by atoms with E-state index in [1.165, 1.54) is 47.6 Å². The molecule has 2 nitrogen and oxygen atoms in total. The molecule has 4 rings (SSSR count). The molecule has 2 aromatic heterocycles. The summed E-state index contributed by atoms with van der Waals surface area (Å²) < 4.78 is 2.41. The van der Waals surface area contributed by atoms with Crippen molar-refractivity contribution in [3.63, 3.8) is 0 Å². The first-order chi connectivity index (χ1) is 9.34. The predicted molar refractivity (Wildman–Crippen MR) is 79.9 cm³/mol. The zero-order valence-corrected chi connectivity index (χ0v) is 11.8. The summed E-state index contributed by atoms with van der Waals surface area (Å²) in [5.74, 6) is 0. The maximum atomic E-state index is 4.78. The second-order valence-electron chi connectivity index (χ2n) is 5.21. The first kappa shape index (κ1) is 11.2. The van der Waals surface area contributed by atoms with Crippen LogP contribution in [-0.2, 0) is 12.8 Å². The molecule has 0 fully saturated rings. The van der Waals surface area contributed by atoms with E-state index in [1.54, 1.807) is 4.88 Å². The average molecular weight is 268 g/mol. The zero-order chi connectivity index (χ0) is 12.8. The van der Waals surface area contributed by atoms with Crippen LogP contribution in [0.4, 0.5) is 0 Å². The molecule has 19 heavy (non-hydrogen) atoms. The van der Waals surface area contributed by atoms with E-state index in [1.807, 2.05) is 11.3 Å². The smallest absolute Gasteiger partial charge is 0.194 e. The van der Waals surface area contributed by atoms with Crippen LogP contribution in [0.1, 0.15) is 29.1 Å². The second-order valence-corrected chi connectivity index (χ2v) is 6.27. The average Bonchev–Trinajstić information content (AvgIpc) is 2.94. The van der Waals surface area contributed by atoms with Crippen LogP contribution in [0, 0.1) is 6.92 Å². The quantitative estimate of drug-likeness (QED) is 0.645. The summed E-state index contributed by atoms with van der Waals surface area (Å²) in [6, 6.07) is 10.6. The zero-order valence-electron chi connectivity index (χ0n) is 11.0. The summed E-state index contributed by atoms with van der Waals surface area (Å²) in [4.78, 5) is 7.49.